The number of nitrogens with zero attached hydrogens (tertiary/aromatic N) is 3. The van der Waals surface area contributed by atoms with Gasteiger partial charge in [-0.2, -0.15) is 9.61 Å². The number of anilines is 1. The van der Waals surface area contributed by atoms with Crippen LogP contribution in [0.2, 0.25) is 5.02 Å². The van der Waals surface area contributed by atoms with Crippen LogP contribution in [0.5, 0.6) is 0 Å². The van der Waals surface area contributed by atoms with Crippen LogP contribution in [-0.2, 0) is 9.47 Å². The van der Waals surface area contributed by atoms with Gasteiger partial charge in [0.05, 0.1) is 18.3 Å². The molecule has 2 N–H and O–H groups in total. The summed E-state index contributed by atoms with van der Waals surface area (Å²) in [4.78, 5) is 4.52. The standard InChI is InChI=1S/C25H25ClN4O3/c1-24(2)32-23-19(9-11-25(23,14-31)33-24)28-21-10-12-27-22-13-20(29-30(21)22)17-7-8-18(26)16-6-4-3-5-15(16)17/h3-8,10,12-13,19,23,28,31H,9,11,14H2,1-2H3/t19-,23+,25-/m1/s1. The highest BCUT2D eigenvalue weighted by Gasteiger charge is 2.59. The molecular formula is C25H25ClN4O3. The predicted molar refractivity (Wildman–Crippen MR) is 127 cm³/mol. The molecule has 3 heterocycles. The highest BCUT2D eigenvalue weighted by molar-refractivity contribution is 6.36. The van der Waals surface area contributed by atoms with Gasteiger partial charge in [0.15, 0.2) is 11.4 Å². The van der Waals surface area contributed by atoms with E-state index in [1.54, 1.807) is 6.20 Å². The van der Waals surface area contributed by atoms with Gasteiger partial charge in [0.25, 0.3) is 0 Å². The molecule has 0 bridgehead atoms. The van der Waals surface area contributed by atoms with Gasteiger partial charge in [0.1, 0.15) is 17.5 Å². The molecule has 3 atom stereocenters. The van der Waals surface area contributed by atoms with Crippen LogP contribution in [0.15, 0.2) is 54.7 Å². The lowest BCUT2D eigenvalue weighted by molar-refractivity contribution is -0.175. The van der Waals surface area contributed by atoms with Crippen molar-refractivity contribution in [1.82, 2.24) is 14.6 Å². The van der Waals surface area contributed by atoms with Gasteiger partial charge in [-0.05, 0) is 44.2 Å². The third-order valence-electron chi connectivity index (χ3n) is 6.73. The van der Waals surface area contributed by atoms with Gasteiger partial charge in [-0.1, -0.05) is 41.9 Å². The number of ether oxygens (including phenoxy) is 2. The Labute approximate surface area is 196 Å². The molecule has 2 aliphatic rings. The van der Waals surface area contributed by atoms with E-state index in [1.807, 2.05) is 60.8 Å². The zero-order valence-electron chi connectivity index (χ0n) is 18.5. The smallest absolute Gasteiger partial charge is 0.164 e. The van der Waals surface area contributed by atoms with Crippen LogP contribution in [0, 0.1) is 0 Å². The minimum atomic E-state index is -0.726. The van der Waals surface area contributed by atoms with Gasteiger partial charge in [-0.15, -0.1) is 0 Å². The van der Waals surface area contributed by atoms with Gasteiger partial charge in [0, 0.05) is 28.2 Å². The van der Waals surface area contributed by atoms with Crippen LogP contribution in [-0.4, -0.2) is 49.8 Å². The van der Waals surface area contributed by atoms with E-state index in [0.29, 0.717) is 5.02 Å². The first-order valence-corrected chi connectivity index (χ1v) is 11.5. The maximum absolute atomic E-state index is 10.1. The van der Waals surface area contributed by atoms with Crippen molar-refractivity contribution in [3.05, 3.63) is 59.8 Å². The maximum atomic E-state index is 10.1. The molecule has 0 radical (unpaired) electrons. The van der Waals surface area contributed by atoms with E-state index in [4.69, 9.17) is 26.2 Å². The van der Waals surface area contributed by atoms with Gasteiger partial charge in [-0.3, -0.25) is 0 Å². The summed E-state index contributed by atoms with van der Waals surface area (Å²) < 4.78 is 14.1. The van der Waals surface area contributed by atoms with Crippen LogP contribution in [0.4, 0.5) is 5.82 Å². The third kappa shape index (κ3) is 3.30. The Morgan fingerprint density at radius 3 is 2.82 bits per heavy atom. The second-order valence-corrected chi connectivity index (χ2v) is 9.73. The molecule has 8 heteroatoms. The molecule has 4 aromatic rings. The lowest BCUT2D eigenvalue weighted by Crippen LogP contribution is -2.44. The van der Waals surface area contributed by atoms with Crippen molar-refractivity contribution in [1.29, 1.82) is 0 Å². The van der Waals surface area contributed by atoms with E-state index in [-0.39, 0.29) is 18.8 Å². The predicted octanol–water partition coefficient (Wildman–Crippen LogP) is 4.66. The van der Waals surface area contributed by atoms with Crippen LogP contribution in [0.3, 0.4) is 0 Å². The van der Waals surface area contributed by atoms with E-state index in [0.717, 1.165) is 46.3 Å². The Morgan fingerprint density at radius 2 is 2.00 bits per heavy atom. The zero-order valence-corrected chi connectivity index (χ0v) is 19.2. The molecular weight excluding hydrogens is 440 g/mol. The fourth-order valence-electron chi connectivity index (χ4n) is 5.34. The molecule has 2 aromatic heterocycles. The Kier molecular flexibility index (Phi) is 4.68. The summed E-state index contributed by atoms with van der Waals surface area (Å²) >= 11 is 6.42. The number of hydrogen-bond acceptors (Lipinski definition) is 6. The average molecular weight is 465 g/mol. The number of aromatic nitrogens is 3. The lowest BCUT2D eigenvalue weighted by atomic mass is 10.0. The normalized spacial score (nSPS) is 26.2. The number of benzene rings is 2. The number of aliphatic hydroxyl groups is 1. The van der Waals surface area contributed by atoms with E-state index in [1.165, 1.54) is 0 Å². The van der Waals surface area contributed by atoms with Crippen molar-refractivity contribution in [2.45, 2.75) is 50.2 Å². The number of rotatable bonds is 4. The molecule has 1 aliphatic carbocycles. The molecule has 33 heavy (non-hydrogen) atoms. The molecule has 1 saturated carbocycles. The maximum Gasteiger partial charge on any atom is 0.164 e. The first kappa shape index (κ1) is 20.9. The van der Waals surface area contributed by atoms with Crippen LogP contribution >= 0.6 is 11.6 Å². The summed E-state index contributed by atoms with van der Waals surface area (Å²) in [5, 5.41) is 21.3. The molecule has 1 saturated heterocycles. The third-order valence-corrected chi connectivity index (χ3v) is 7.06. The van der Waals surface area contributed by atoms with E-state index < -0.39 is 11.4 Å². The van der Waals surface area contributed by atoms with Gasteiger partial charge < -0.3 is 19.9 Å². The fraction of sp³-hybridized carbons (Fsp3) is 0.360. The van der Waals surface area contributed by atoms with Crippen molar-refractivity contribution in [2.24, 2.45) is 0 Å². The second-order valence-electron chi connectivity index (χ2n) is 9.32. The molecule has 0 amide bonds. The number of halogens is 1. The summed E-state index contributed by atoms with van der Waals surface area (Å²) in [5.74, 6) is 0.0899. The number of hydrogen-bond donors (Lipinski definition) is 2. The zero-order chi connectivity index (χ0) is 22.8. The molecule has 0 spiro atoms. The largest absolute Gasteiger partial charge is 0.393 e. The second kappa shape index (κ2) is 7.40. The topological polar surface area (TPSA) is 80.9 Å². The molecule has 2 aromatic carbocycles. The van der Waals surface area contributed by atoms with Crippen molar-refractivity contribution in [3.8, 4) is 11.3 Å². The summed E-state index contributed by atoms with van der Waals surface area (Å²) in [7, 11) is 0. The summed E-state index contributed by atoms with van der Waals surface area (Å²) in [6.45, 7) is 3.71. The van der Waals surface area contributed by atoms with E-state index in [2.05, 4.69) is 16.4 Å². The SMILES string of the molecule is CC1(C)O[C@H]2[C@H](Nc3ccnc4cc(-c5ccc(Cl)c6ccccc56)nn34)CC[C@]2(CO)O1. The Bertz CT molecular complexity index is 1370. The average Bonchev–Trinajstić information content (AvgIpc) is 3.45. The highest BCUT2D eigenvalue weighted by atomic mass is 35.5. The van der Waals surface area contributed by atoms with Crippen LogP contribution in [0.1, 0.15) is 26.7 Å². The van der Waals surface area contributed by atoms with E-state index >= 15 is 0 Å². The molecule has 2 fully saturated rings. The molecule has 0 unspecified atom stereocenters. The Hall–Kier alpha value is -2.71. The molecule has 7 nitrogen and oxygen atoms in total. The fourth-order valence-corrected chi connectivity index (χ4v) is 5.57. The number of aliphatic hydroxyl groups excluding tert-OH is 1. The summed E-state index contributed by atoms with van der Waals surface area (Å²) in [6.07, 6.45) is 3.06. The quantitative estimate of drug-likeness (QED) is 0.457. The highest BCUT2D eigenvalue weighted by Crippen LogP contribution is 2.47. The number of fused-ring (bicyclic) bond motifs is 3. The molecule has 6 rings (SSSR count). The Morgan fingerprint density at radius 1 is 1.18 bits per heavy atom. The van der Waals surface area contributed by atoms with E-state index in [9.17, 15) is 5.11 Å². The minimum Gasteiger partial charge on any atom is -0.393 e. The lowest BCUT2D eigenvalue weighted by Gasteiger charge is -2.26. The van der Waals surface area contributed by atoms with Gasteiger partial charge >= 0.3 is 0 Å². The first-order chi connectivity index (χ1) is 15.9. The monoisotopic (exact) mass is 464 g/mol. The minimum absolute atomic E-state index is 0.0199. The van der Waals surface area contributed by atoms with Crippen molar-refractivity contribution in [3.63, 3.8) is 0 Å². The molecule has 1 aliphatic heterocycles. The van der Waals surface area contributed by atoms with Crippen molar-refractivity contribution < 1.29 is 14.6 Å². The molecule has 170 valence electrons. The van der Waals surface area contributed by atoms with Crippen molar-refractivity contribution >= 4 is 33.8 Å². The van der Waals surface area contributed by atoms with Crippen LogP contribution < -0.4 is 5.32 Å². The van der Waals surface area contributed by atoms with Gasteiger partial charge in [-0.25, -0.2) is 4.98 Å². The first-order valence-electron chi connectivity index (χ1n) is 11.2. The van der Waals surface area contributed by atoms with Crippen molar-refractivity contribution in [2.75, 3.05) is 11.9 Å². The Balaban J connectivity index is 1.38. The number of nitrogens with one attached hydrogen (secondary N) is 1. The van der Waals surface area contributed by atoms with Gasteiger partial charge in [0.2, 0.25) is 0 Å². The summed E-state index contributed by atoms with van der Waals surface area (Å²) in [5.41, 5.74) is 1.89. The summed E-state index contributed by atoms with van der Waals surface area (Å²) in [6, 6.07) is 15.8. The van der Waals surface area contributed by atoms with Crippen LogP contribution in [0.25, 0.3) is 27.7 Å².